The van der Waals surface area contributed by atoms with Crippen molar-refractivity contribution in [3.05, 3.63) is 59.7 Å². The van der Waals surface area contributed by atoms with E-state index in [1.165, 1.54) is 16.8 Å². The maximum absolute atomic E-state index is 5.17. The van der Waals surface area contributed by atoms with Gasteiger partial charge in [-0.1, -0.05) is 24.3 Å². The van der Waals surface area contributed by atoms with Crippen molar-refractivity contribution >= 4 is 5.69 Å². The highest BCUT2D eigenvalue weighted by Crippen LogP contribution is 2.12. The van der Waals surface area contributed by atoms with Crippen LogP contribution in [0, 0.1) is 0 Å². The zero-order chi connectivity index (χ0) is 15.1. The van der Waals surface area contributed by atoms with Crippen molar-refractivity contribution in [1.82, 2.24) is 0 Å². The number of methoxy groups -OCH3 is 1. The van der Waals surface area contributed by atoms with Crippen LogP contribution in [0.15, 0.2) is 48.5 Å². The molecule has 2 aromatic carbocycles. The van der Waals surface area contributed by atoms with E-state index in [4.69, 9.17) is 4.74 Å². The molecule has 3 heteroatoms. The summed E-state index contributed by atoms with van der Waals surface area (Å²) in [6.07, 6.45) is 1.08. The lowest BCUT2D eigenvalue weighted by Gasteiger charge is -2.12. The molecule has 2 N–H and O–H groups in total. The van der Waals surface area contributed by atoms with E-state index in [1.807, 2.05) is 12.1 Å². The predicted molar refractivity (Wildman–Crippen MR) is 88.0 cm³/mol. The number of rotatable bonds is 7. The zero-order valence-electron chi connectivity index (χ0n) is 13.2. The van der Waals surface area contributed by atoms with Gasteiger partial charge in [-0.2, -0.15) is 0 Å². The second kappa shape index (κ2) is 7.70. The molecule has 0 amide bonds. The molecule has 0 heterocycles. The Morgan fingerprint density at radius 1 is 0.905 bits per heavy atom. The first-order valence-electron chi connectivity index (χ1n) is 7.40. The molecular formula is C18H25N2O+. The van der Waals surface area contributed by atoms with Gasteiger partial charge in [0.15, 0.2) is 0 Å². The lowest BCUT2D eigenvalue weighted by Crippen LogP contribution is -2.83. The molecule has 112 valence electrons. The van der Waals surface area contributed by atoms with Crippen molar-refractivity contribution in [2.45, 2.75) is 13.0 Å². The maximum atomic E-state index is 5.17. The number of nitrogens with two attached hydrogens (primary N) is 1. The third kappa shape index (κ3) is 4.80. The average Bonchev–Trinajstić information content (AvgIpc) is 2.52. The fraction of sp³-hybridized carbons (Fsp3) is 0.333. The van der Waals surface area contributed by atoms with Crippen LogP contribution in [0.3, 0.4) is 0 Å². The van der Waals surface area contributed by atoms with E-state index in [-0.39, 0.29) is 0 Å². The summed E-state index contributed by atoms with van der Waals surface area (Å²) in [5.74, 6) is 0.920. The first kappa shape index (κ1) is 15.4. The number of ether oxygens (including phenoxy) is 1. The van der Waals surface area contributed by atoms with Crippen molar-refractivity contribution < 1.29 is 10.1 Å². The summed E-state index contributed by atoms with van der Waals surface area (Å²) in [6.45, 7) is 2.13. The highest BCUT2D eigenvalue weighted by Gasteiger charge is 1.99. The number of hydrogen-bond donors (Lipinski definition) is 1. The molecule has 0 saturated carbocycles. The van der Waals surface area contributed by atoms with E-state index in [0.717, 1.165) is 25.3 Å². The Morgan fingerprint density at radius 3 is 2.10 bits per heavy atom. The van der Waals surface area contributed by atoms with Crippen molar-refractivity contribution in [3.63, 3.8) is 0 Å². The van der Waals surface area contributed by atoms with Crippen molar-refractivity contribution in [2.24, 2.45) is 0 Å². The SMILES string of the molecule is COc1ccc(CC[NH2+]Cc2ccc(N(C)C)cc2)cc1. The molecule has 21 heavy (non-hydrogen) atoms. The first-order valence-corrected chi connectivity index (χ1v) is 7.40. The normalized spacial score (nSPS) is 10.4. The van der Waals surface area contributed by atoms with E-state index in [2.05, 4.69) is 60.7 Å². The summed E-state index contributed by atoms with van der Waals surface area (Å²) >= 11 is 0. The second-order valence-corrected chi connectivity index (χ2v) is 5.44. The summed E-state index contributed by atoms with van der Waals surface area (Å²) in [5.41, 5.74) is 3.97. The topological polar surface area (TPSA) is 29.1 Å². The van der Waals surface area contributed by atoms with Gasteiger partial charge in [-0.15, -0.1) is 0 Å². The van der Waals surface area contributed by atoms with Gasteiger partial charge in [-0.3, -0.25) is 0 Å². The molecule has 0 unspecified atom stereocenters. The highest BCUT2D eigenvalue weighted by molar-refractivity contribution is 5.45. The first-order chi connectivity index (χ1) is 10.2. The van der Waals surface area contributed by atoms with Crippen molar-refractivity contribution in [1.29, 1.82) is 0 Å². The molecule has 0 atom stereocenters. The molecule has 0 aliphatic heterocycles. The second-order valence-electron chi connectivity index (χ2n) is 5.44. The van der Waals surface area contributed by atoms with E-state index < -0.39 is 0 Å². The van der Waals surface area contributed by atoms with Gasteiger partial charge < -0.3 is 15.0 Å². The number of hydrogen-bond acceptors (Lipinski definition) is 2. The van der Waals surface area contributed by atoms with Crippen LogP contribution < -0.4 is 15.0 Å². The number of benzene rings is 2. The summed E-state index contributed by atoms with van der Waals surface area (Å²) in [6, 6.07) is 17.1. The molecule has 0 radical (unpaired) electrons. The van der Waals surface area contributed by atoms with E-state index in [9.17, 15) is 0 Å². The highest BCUT2D eigenvalue weighted by atomic mass is 16.5. The van der Waals surface area contributed by atoms with Crippen LogP contribution in [-0.4, -0.2) is 27.7 Å². The molecule has 0 bridgehead atoms. The standard InChI is InChI=1S/C18H24N2O/c1-20(2)17-8-4-16(5-9-17)14-19-13-12-15-6-10-18(21-3)11-7-15/h4-11,19H,12-14H2,1-3H3/p+1. The van der Waals surface area contributed by atoms with Gasteiger partial charge in [0.05, 0.1) is 13.7 Å². The van der Waals surface area contributed by atoms with Crippen LogP contribution in [0.2, 0.25) is 0 Å². The molecule has 3 nitrogen and oxygen atoms in total. The van der Waals surface area contributed by atoms with Gasteiger partial charge in [-0.05, 0) is 29.8 Å². The van der Waals surface area contributed by atoms with Gasteiger partial charge in [0.2, 0.25) is 0 Å². The van der Waals surface area contributed by atoms with Crippen LogP contribution in [0.5, 0.6) is 5.75 Å². The van der Waals surface area contributed by atoms with Crippen molar-refractivity contribution in [3.8, 4) is 5.75 Å². The Labute approximate surface area is 127 Å². The van der Waals surface area contributed by atoms with Crippen LogP contribution in [0.4, 0.5) is 5.69 Å². The smallest absolute Gasteiger partial charge is 0.118 e. The third-order valence-corrected chi connectivity index (χ3v) is 3.63. The minimum absolute atomic E-state index is 0.920. The molecule has 0 spiro atoms. The molecular weight excluding hydrogens is 260 g/mol. The molecule has 0 aliphatic rings. The Morgan fingerprint density at radius 2 is 1.52 bits per heavy atom. The van der Waals surface area contributed by atoms with Crippen LogP contribution in [0.1, 0.15) is 11.1 Å². The minimum Gasteiger partial charge on any atom is -0.497 e. The Hall–Kier alpha value is -2.00. The fourth-order valence-electron chi connectivity index (χ4n) is 2.26. The summed E-state index contributed by atoms with van der Waals surface area (Å²) < 4.78 is 5.17. The molecule has 0 aliphatic carbocycles. The van der Waals surface area contributed by atoms with Gasteiger partial charge in [0.25, 0.3) is 0 Å². The molecule has 2 aromatic rings. The largest absolute Gasteiger partial charge is 0.497 e. The number of anilines is 1. The Bertz CT molecular complexity index is 532. The minimum atomic E-state index is 0.920. The van der Waals surface area contributed by atoms with Gasteiger partial charge >= 0.3 is 0 Å². The zero-order valence-corrected chi connectivity index (χ0v) is 13.2. The lowest BCUT2D eigenvalue weighted by atomic mass is 10.1. The monoisotopic (exact) mass is 285 g/mol. The summed E-state index contributed by atoms with van der Waals surface area (Å²) in [4.78, 5) is 2.12. The Kier molecular flexibility index (Phi) is 5.64. The van der Waals surface area contributed by atoms with Crippen molar-refractivity contribution in [2.75, 3.05) is 32.6 Å². The maximum Gasteiger partial charge on any atom is 0.118 e. The average molecular weight is 285 g/mol. The fourth-order valence-corrected chi connectivity index (χ4v) is 2.26. The lowest BCUT2D eigenvalue weighted by molar-refractivity contribution is -0.670. The van der Waals surface area contributed by atoms with Gasteiger partial charge in [-0.25, -0.2) is 0 Å². The Balaban J connectivity index is 1.73. The molecule has 0 saturated heterocycles. The van der Waals surface area contributed by atoms with E-state index >= 15 is 0 Å². The summed E-state index contributed by atoms with van der Waals surface area (Å²) in [7, 11) is 5.83. The van der Waals surface area contributed by atoms with Gasteiger partial charge in [0.1, 0.15) is 12.3 Å². The summed E-state index contributed by atoms with van der Waals surface area (Å²) in [5, 5.41) is 2.36. The quantitative estimate of drug-likeness (QED) is 0.789. The molecule has 0 fully saturated rings. The number of quaternary nitrogens is 1. The molecule has 0 aromatic heterocycles. The number of nitrogens with zero attached hydrogens (tertiary/aromatic N) is 1. The predicted octanol–water partition coefficient (Wildman–Crippen LogP) is 2.07. The van der Waals surface area contributed by atoms with Gasteiger partial charge in [0, 0.05) is 31.8 Å². The van der Waals surface area contributed by atoms with Crippen LogP contribution in [0.25, 0.3) is 0 Å². The third-order valence-electron chi connectivity index (χ3n) is 3.63. The van der Waals surface area contributed by atoms with E-state index in [1.54, 1.807) is 7.11 Å². The molecule has 2 rings (SSSR count). The van der Waals surface area contributed by atoms with Crippen LogP contribution >= 0.6 is 0 Å². The van der Waals surface area contributed by atoms with E-state index in [0.29, 0.717) is 0 Å². The van der Waals surface area contributed by atoms with Crippen LogP contribution in [-0.2, 0) is 13.0 Å².